The van der Waals surface area contributed by atoms with E-state index in [1.807, 2.05) is 11.8 Å². The standard InChI is InChI=1S/C18H22FN3O4/c1-2-7-20(10-12-3-4-12)18(24)13-8-17(23)21(11-13)14-5-6-15(19)16(9-14)22(25)26/h5-6,9,12-13H,2-4,7-8,10-11H2,1H3. The molecule has 7 nitrogen and oxygen atoms in total. The van der Waals surface area contributed by atoms with E-state index in [9.17, 15) is 24.1 Å². The average Bonchev–Trinajstić information content (AvgIpc) is 3.34. The summed E-state index contributed by atoms with van der Waals surface area (Å²) in [5, 5.41) is 10.9. The van der Waals surface area contributed by atoms with Crippen molar-refractivity contribution in [3.8, 4) is 0 Å². The summed E-state index contributed by atoms with van der Waals surface area (Å²) in [5.41, 5.74) is -0.422. The van der Waals surface area contributed by atoms with E-state index in [-0.39, 0.29) is 30.5 Å². The van der Waals surface area contributed by atoms with E-state index < -0.39 is 22.3 Å². The van der Waals surface area contributed by atoms with Crippen molar-refractivity contribution in [1.82, 2.24) is 4.90 Å². The molecule has 140 valence electrons. The topological polar surface area (TPSA) is 83.8 Å². The van der Waals surface area contributed by atoms with Crippen LogP contribution in [0, 0.1) is 27.8 Å². The van der Waals surface area contributed by atoms with Gasteiger partial charge in [0.15, 0.2) is 0 Å². The number of amides is 2. The Morgan fingerprint density at radius 3 is 2.77 bits per heavy atom. The summed E-state index contributed by atoms with van der Waals surface area (Å²) in [4.78, 5) is 38.5. The molecule has 1 atom stereocenters. The Kier molecular flexibility index (Phi) is 5.20. The summed E-state index contributed by atoms with van der Waals surface area (Å²) < 4.78 is 13.5. The number of nitro groups is 1. The van der Waals surface area contributed by atoms with Crippen LogP contribution >= 0.6 is 0 Å². The Bertz CT molecular complexity index is 735. The Morgan fingerprint density at radius 1 is 1.42 bits per heavy atom. The smallest absolute Gasteiger partial charge is 0.306 e. The fourth-order valence-electron chi connectivity index (χ4n) is 3.36. The van der Waals surface area contributed by atoms with Gasteiger partial charge in [-0.2, -0.15) is 4.39 Å². The summed E-state index contributed by atoms with van der Waals surface area (Å²) in [7, 11) is 0. The maximum atomic E-state index is 13.5. The summed E-state index contributed by atoms with van der Waals surface area (Å²) >= 11 is 0. The van der Waals surface area contributed by atoms with Gasteiger partial charge >= 0.3 is 5.69 Å². The van der Waals surface area contributed by atoms with E-state index in [1.165, 1.54) is 11.0 Å². The summed E-state index contributed by atoms with van der Waals surface area (Å²) in [6, 6.07) is 3.36. The molecule has 1 aliphatic carbocycles. The van der Waals surface area contributed by atoms with Crippen molar-refractivity contribution in [2.24, 2.45) is 11.8 Å². The molecule has 2 amide bonds. The van der Waals surface area contributed by atoms with Crippen molar-refractivity contribution in [3.05, 3.63) is 34.1 Å². The first-order chi connectivity index (χ1) is 12.4. The van der Waals surface area contributed by atoms with Gasteiger partial charge in [0.2, 0.25) is 17.6 Å². The van der Waals surface area contributed by atoms with Crippen LogP contribution in [-0.2, 0) is 9.59 Å². The molecule has 8 heteroatoms. The molecule has 1 aromatic rings. The van der Waals surface area contributed by atoms with Crippen molar-refractivity contribution in [2.75, 3.05) is 24.5 Å². The molecule has 1 unspecified atom stereocenters. The van der Waals surface area contributed by atoms with E-state index in [1.54, 1.807) is 0 Å². The molecule has 1 aliphatic heterocycles. The number of rotatable bonds is 7. The minimum Gasteiger partial charge on any atom is -0.342 e. The lowest BCUT2D eigenvalue weighted by Gasteiger charge is -2.25. The molecule has 0 radical (unpaired) electrons. The first-order valence-electron chi connectivity index (χ1n) is 8.93. The van der Waals surface area contributed by atoms with Gasteiger partial charge in [-0.25, -0.2) is 0 Å². The fraction of sp³-hybridized carbons (Fsp3) is 0.556. The average molecular weight is 363 g/mol. The quantitative estimate of drug-likeness (QED) is 0.551. The Labute approximate surface area is 150 Å². The van der Waals surface area contributed by atoms with Crippen molar-refractivity contribution < 1.29 is 18.9 Å². The molecule has 0 N–H and O–H groups in total. The number of carbonyl (C=O) groups excluding carboxylic acids is 2. The van der Waals surface area contributed by atoms with Crippen LogP contribution < -0.4 is 4.90 Å². The molecule has 2 fully saturated rings. The van der Waals surface area contributed by atoms with Gasteiger partial charge in [-0.1, -0.05) is 6.92 Å². The lowest BCUT2D eigenvalue weighted by atomic mass is 10.1. The highest BCUT2D eigenvalue weighted by Gasteiger charge is 2.38. The van der Waals surface area contributed by atoms with Gasteiger partial charge in [0.25, 0.3) is 0 Å². The Balaban J connectivity index is 1.74. The third-order valence-electron chi connectivity index (χ3n) is 4.89. The van der Waals surface area contributed by atoms with Gasteiger partial charge in [-0.3, -0.25) is 19.7 Å². The zero-order chi connectivity index (χ0) is 18.8. The number of carbonyl (C=O) groups is 2. The maximum Gasteiger partial charge on any atom is 0.306 e. The Hall–Kier alpha value is -2.51. The third kappa shape index (κ3) is 3.84. The van der Waals surface area contributed by atoms with Crippen LogP contribution in [0.2, 0.25) is 0 Å². The summed E-state index contributed by atoms with van der Waals surface area (Å²) in [6.07, 6.45) is 3.22. The first kappa shape index (κ1) is 18.3. The van der Waals surface area contributed by atoms with Crippen LogP contribution in [0.3, 0.4) is 0 Å². The van der Waals surface area contributed by atoms with Crippen LogP contribution in [-0.4, -0.2) is 41.3 Å². The van der Waals surface area contributed by atoms with Crippen LogP contribution in [0.15, 0.2) is 18.2 Å². The third-order valence-corrected chi connectivity index (χ3v) is 4.89. The van der Waals surface area contributed by atoms with Gasteiger partial charge in [0.1, 0.15) is 0 Å². The highest BCUT2D eigenvalue weighted by molar-refractivity contribution is 6.00. The number of anilines is 1. The number of hydrogen-bond acceptors (Lipinski definition) is 4. The number of benzene rings is 1. The molecule has 3 rings (SSSR count). The monoisotopic (exact) mass is 363 g/mol. The molecule has 1 saturated carbocycles. The van der Waals surface area contributed by atoms with Gasteiger partial charge < -0.3 is 9.80 Å². The van der Waals surface area contributed by atoms with Crippen LogP contribution in [0.25, 0.3) is 0 Å². The molecule has 26 heavy (non-hydrogen) atoms. The van der Waals surface area contributed by atoms with Crippen molar-refractivity contribution >= 4 is 23.2 Å². The number of nitrogens with zero attached hydrogens (tertiary/aromatic N) is 3. The van der Waals surface area contributed by atoms with Crippen LogP contribution in [0.4, 0.5) is 15.8 Å². The lowest BCUT2D eigenvalue weighted by molar-refractivity contribution is -0.387. The second kappa shape index (κ2) is 7.39. The van der Waals surface area contributed by atoms with Crippen molar-refractivity contribution in [2.45, 2.75) is 32.6 Å². The van der Waals surface area contributed by atoms with Gasteiger partial charge in [-0.05, 0) is 37.3 Å². The molecule has 0 aromatic heterocycles. The Morgan fingerprint density at radius 2 is 2.15 bits per heavy atom. The number of hydrogen-bond donors (Lipinski definition) is 0. The predicted molar refractivity (Wildman–Crippen MR) is 93.1 cm³/mol. The highest BCUT2D eigenvalue weighted by Crippen LogP contribution is 2.33. The number of halogens is 1. The van der Waals surface area contributed by atoms with Crippen molar-refractivity contribution in [3.63, 3.8) is 0 Å². The predicted octanol–water partition coefficient (Wildman–Crippen LogP) is 2.74. The number of nitro benzene ring substituents is 1. The van der Waals surface area contributed by atoms with E-state index in [0.29, 0.717) is 12.5 Å². The molecule has 1 saturated heterocycles. The zero-order valence-electron chi connectivity index (χ0n) is 14.7. The summed E-state index contributed by atoms with van der Waals surface area (Å²) in [5.74, 6) is -1.15. The zero-order valence-corrected chi connectivity index (χ0v) is 14.7. The molecule has 2 aliphatic rings. The largest absolute Gasteiger partial charge is 0.342 e. The van der Waals surface area contributed by atoms with Gasteiger partial charge in [-0.15, -0.1) is 0 Å². The van der Waals surface area contributed by atoms with Crippen LogP contribution in [0.1, 0.15) is 32.6 Å². The van der Waals surface area contributed by atoms with Crippen LogP contribution in [0.5, 0.6) is 0 Å². The molecule has 0 bridgehead atoms. The minimum atomic E-state index is -0.948. The van der Waals surface area contributed by atoms with Gasteiger partial charge in [0.05, 0.1) is 16.5 Å². The maximum absolute atomic E-state index is 13.5. The molecule has 1 heterocycles. The van der Waals surface area contributed by atoms with Gasteiger partial charge in [0, 0.05) is 32.1 Å². The first-order valence-corrected chi connectivity index (χ1v) is 8.93. The second-order valence-corrected chi connectivity index (χ2v) is 7.03. The van der Waals surface area contributed by atoms with E-state index in [0.717, 1.165) is 37.9 Å². The lowest BCUT2D eigenvalue weighted by Crippen LogP contribution is -2.39. The van der Waals surface area contributed by atoms with E-state index in [2.05, 4.69) is 0 Å². The molecular formula is C18H22FN3O4. The van der Waals surface area contributed by atoms with E-state index in [4.69, 9.17) is 0 Å². The van der Waals surface area contributed by atoms with Crippen molar-refractivity contribution in [1.29, 1.82) is 0 Å². The minimum absolute atomic E-state index is 0.0359. The fourth-order valence-corrected chi connectivity index (χ4v) is 3.36. The summed E-state index contributed by atoms with van der Waals surface area (Å²) in [6.45, 7) is 3.59. The SMILES string of the molecule is CCCN(CC1CC1)C(=O)C1CC(=O)N(c2ccc(F)c([N+](=O)[O-])c2)C1. The molecule has 0 spiro atoms. The van der Waals surface area contributed by atoms with E-state index >= 15 is 0 Å². The highest BCUT2D eigenvalue weighted by atomic mass is 19.1. The normalized spacial score (nSPS) is 19.7. The molecule has 1 aromatic carbocycles. The molecular weight excluding hydrogens is 341 g/mol. The second-order valence-electron chi connectivity index (χ2n) is 7.03.